The molecule has 1 fully saturated rings. The van der Waals surface area contributed by atoms with Crippen molar-refractivity contribution in [2.24, 2.45) is 0 Å². The van der Waals surface area contributed by atoms with Crippen LogP contribution in [0.1, 0.15) is 24.6 Å². The number of H-pyrrole nitrogens is 1. The number of hydrogen-bond donors (Lipinski definition) is 5. The molecule has 0 aromatic carbocycles. The topological polar surface area (TPSA) is 207 Å². The second kappa shape index (κ2) is 8.73. The van der Waals surface area contributed by atoms with Gasteiger partial charge in [-0.1, -0.05) is 0 Å². The summed E-state index contributed by atoms with van der Waals surface area (Å²) in [6.07, 6.45) is 0.444. The van der Waals surface area contributed by atoms with E-state index in [1.807, 2.05) is 0 Å². The molecule has 17 heteroatoms. The van der Waals surface area contributed by atoms with E-state index in [4.69, 9.17) is 19.4 Å². The van der Waals surface area contributed by atoms with E-state index in [0.717, 1.165) is 4.57 Å². The lowest BCUT2D eigenvalue weighted by atomic mass is 10.2. The summed E-state index contributed by atoms with van der Waals surface area (Å²) in [4.78, 5) is 60.8. The molecule has 0 saturated carbocycles. The highest BCUT2D eigenvalue weighted by atomic mass is 31.3. The first-order valence-electron chi connectivity index (χ1n) is 7.25. The third-order valence-corrected chi connectivity index (χ3v) is 6.88. The highest BCUT2D eigenvalue weighted by Gasteiger charge is 2.39. The van der Waals surface area contributed by atoms with E-state index in [1.165, 1.54) is 13.1 Å². The Balaban J connectivity index is 1.94. The summed E-state index contributed by atoms with van der Waals surface area (Å²) in [6.45, 7) is 0.970. The molecule has 1 aliphatic heterocycles. The molecule has 0 bridgehead atoms. The number of phosphoric acid groups is 2. The van der Waals surface area contributed by atoms with Crippen LogP contribution in [-0.4, -0.2) is 41.8 Å². The van der Waals surface area contributed by atoms with Crippen LogP contribution in [0.4, 0.5) is 0 Å². The highest BCUT2D eigenvalue weighted by Crippen LogP contribution is 2.64. The van der Waals surface area contributed by atoms with E-state index in [1.54, 1.807) is 0 Å². The van der Waals surface area contributed by atoms with Gasteiger partial charge in [0.2, 0.25) is 0 Å². The van der Waals surface area contributed by atoms with Gasteiger partial charge in [-0.15, -0.1) is 0 Å². The molecule has 1 saturated heterocycles. The largest absolute Gasteiger partial charge is 0.487 e. The van der Waals surface area contributed by atoms with Crippen LogP contribution in [0.2, 0.25) is 0 Å². The monoisotopic (exact) mass is 450 g/mol. The van der Waals surface area contributed by atoms with E-state index in [-0.39, 0.29) is 5.56 Å². The van der Waals surface area contributed by atoms with Gasteiger partial charge in [0, 0.05) is 11.8 Å². The van der Waals surface area contributed by atoms with Crippen LogP contribution in [-0.2, 0) is 27.0 Å². The van der Waals surface area contributed by atoms with E-state index in [9.17, 15) is 23.6 Å². The third-order valence-electron chi connectivity index (χ3n) is 3.35. The van der Waals surface area contributed by atoms with Gasteiger partial charge < -0.3 is 24.3 Å². The lowest BCUT2D eigenvalue weighted by molar-refractivity contribution is -0.0244. The van der Waals surface area contributed by atoms with Crippen molar-refractivity contribution in [3.63, 3.8) is 0 Å². The zero-order chi connectivity index (χ0) is 20.4. The summed E-state index contributed by atoms with van der Waals surface area (Å²) >= 11 is 0. The molecule has 0 amide bonds. The van der Waals surface area contributed by atoms with Crippen LogP contribution < -0.4 is 11.2 Å². The number of aromatic amines is 1. The Morgan fingerprint density at radius 3 is 2.59 bits per heavy atom. The summed E-state index contributed by atoms with van der Waals surface area (Å²) in [5.41, 5.74) is -0.925. The van der Waals surface area contributed by atoms with E-state index >= 15 is 0 Å². The molecule has 1 aromatic rings. The Labute approximate surface area is 152 Å². The van der Waals surface area contributed by atoms with Crippen molar-refractivity contribution in [1.29, 1.82) is 0 Å². The van der Waals surface area contributed by atoms with Gasteiger partial charge in [0.25, 0.3) is 5.56 Å². The smallest absolute Gasteiger partial charge is 0.352 e. The molecule has 0 radical (unpaired) electrons. The van der Waals surface area contributed by atoms with Crippen LogP contribution in [0.3, 0.4) is 0 Å². The molecule has 14 nitrogen and oxygen atoms in total. The van der Waals surface area contributed by atoms with Gasteiger partial charge in [-0.05, 0) is 19.8 Å². The molecular formula is C10H17N2O12P3. The van der Waals surface area contributed by atoms with Crippen molar-refractivity contribution >= 4 is 24.2 Å². The van der Waals surface area contributed by atoms with Gasteiger partial charge in [0.1, 0.15) is 6.23 Å². The summed E-state index contributed by atoms with van der Waals surface area (Å²) < 4.78 is 41.7. The Hall–Kier alpha value is -0.750. The molecule has 2 rings (SSSR count). The molecule has 3 unspecified atom stereocenters. The van der Waals surface area contributed by atoms with Crippen LogP contribution >= 0.6 is 24.2 Å². The lowest BCUT2D eigenvalue weighted by Gasteiger charge is -2.18. The fourth-order valence-corrected chi connectivity index (χ4v) is 4.96. The number of nitrogens with one attached hydrogen (secondary N) is 1. The van der Waals surface area contributed by atoms with Crippen LogP contribution in [0.15, 0.2) is 15.8 Å². The Bertz CT molecular complexity index is 881. The van der Waals surface area contributed by atoms with Gasteiger partial charge in [-0.25, -0.2) is 18.2 Å². The fraction of sp³-hybridized carbons (Fsp3) is 0.600. The number of rotatable bonds is 8. The first kappa shape index (κ1) is 22.5. The number of nitrogens with zero attached hydrogens (tertiary/aromatic N) is 1. The predicted octanol–water partition coefficient (Wildman–Crippen LogP) is -0.0153. The molecule has 0 aliphatic carbocycles. The summed E-state index contributed by atoms with van der Waals surface area (Å²) in [7, 11) is -13.6. The standard InChI is InChI=1S/C10H17N2O12P3/c1-6-4-12(10(14)11-9(6)13)8-3-2-7(22-8)5-21-26(17,18)24-27(19,20)23-25(15)16/h4,7-8,15-16H,2-3,5H2,1H3,(H,17,18)(H,19,20)(H,11,13,14)/t7-,8?/m0/s1. The molecule has 154 valence electrons. The predicted molar refractivity (Wildman–Crippen MR) is 88.3 cm³/mol. The number of aromatic nitrogens is 2. The van der Waals surface area contributed by atoms with E-state index < -0.39 is 54.4 Å². The Kier molecular flexibility index (Phi) is 7.28. The van der Waals surface area contributed by atoms with Crippen LogP contribution in [0.5, 0.6) is 0 Å². The Morgan fingerprint density at radius 2 is 1.96 bits per heavy atom. The first-order valence-corrected chi connectivity index (χ1v) is 11.4. The van der Waals surface area contributed by atoms with Gasteiger partial charge in [-0.2, -0.15) is 4.31 Å². The number of phosphoric ester groups is 1. The average Bonchev–Trinajstić information content (AvgIpc) is 2.95. The summed E-state index contributed by atoms with van der Waals surface area (Å²) in [6, 6.07) is 0. The minimum absolute atomic E-state index is 0.289. The van der Waals surface area contributed by atoms with Gasteiger partial charge in [0.05, 0.1) is 12.7 Å². The lowest BCUT2D eigenvalue weighted by Crippen LogP contribution is -2.33. The average molecular weight is 450 g/mol. The maximum absolute atomic E-state index is 11.8. The minimum Gasteiger partial charge on any atom is -0.352 e. The summed E-state index contributed by atoms with van der Waals surface area (Å²) in [5, 5.41) is 0. The van der Waals surface area contributed by atoms with E-state index in [0.29, 0.717) is 12.8 Å². The molecule has 1 aliphatic rings. The molecule has 4 atom stereocenters. The molecule has 1 aromatic heterocycles. The van der Waals surface area contributed by atoms with Crippen LogP contribution in [0, 0.1) is 6.92 Å². The first-order chi connectivity index (χ1) is 12.4. The van der Waals surface area contributed by atoms with Gasteiger partial charge in [0.15, 0.2) is 0 Å². The second-order valence-corrected chi connectivity index (χ2v) is 9.36. The third kappa shape index (κ3) is 6.67. The SMILES string of the molecule is Cc1cn(C2CC[C@@H](COP(=O)(O)OP(=O)(O)OP(O)O)O2)c(=O)[nH]c1=O. The zero-order valence-corrected chi connectivity index (χ0v) is 16.4. The maximum Gasteiger partial charge on any atom is 0.487 e. The van der Waals surface area contributed by atoms with E-state index in [2.05, 4.69) is 18.1 Å². The Morgan fingerprint density at radius 1 is 1.30 bits per heavy atom. The second-order valence-electron chi connectivity index (χ2n) is 5.42. The molecular weight excluding hydrogens is 433 g/mol. The molecule has 27 heavy (non-hydrogen) atoms. The van der Waals surface area contributed by atoms with Crippen molar-refractivity contribution in [1.82, 2.24) is 9.55 Å². The highest BCUT2D eigenvalue weighted by molar-refractivity contribution is 7.65. The summed E-state index contributed by atoms with van der Waals surface area (Å²) in [5.74, 6) is 0. The number of ether oxygens (including phenoxy) is 1. The molecule has 2 heterocycles. The van der Waals surface area contributed by atoms with Crippen molar-refractivity contribution in [3.8, 4) is 0 Å². The van der Waals surface area contributed by atoms with Crippen molar-refractivity contribution in [2.75, 3.05) is 6.61 Å². The molecule has 5 N–H and O–H groups in total. The fourth-order valence-electron chi connectivity index (χ4n) is 2.25. The number of aryl methyl sites for hydroxylation is 1. The van der Waals surface area contributed by atoms with Crippen molar-refractivity contribution in [3.05, 3.63) is 32.6 Å². The van der Waals surface area contributed by atoms with Gasteiger partial charge >= 0.3 is 29.9 Å². The minimum atomic E-state index is -5.24. The quantitative estimate of drug-likeness (QED) is 0.331. The van der Waals surface area contributed by atoms with Gasteiger partial charge in [-0.3, -0.25) is 18.9 Å². The molecule has 0 spiro atoms. The number of hydrogen-bond acceptors (Lipinski definition) is 10. The van der Waals surface area contributed by atoms with Crippen LogP contribution in [0.25, 0.3) is 0 Å². The zero-order valence-electron chi connectivity index (χ0n) is 13.7. The maximum atomic E-state index is 11.8. The normalized spacial score (nSPS) is 24.7. The van der Waals surface area contributed by atoms with Crippen molar-refractivity contribution < 1.29 is 46.6 Å². The van der Waals surface area contributed by atoms with Crippen molar-refractivity contribution in [2.45, 2.75) is 32.1 Å².